The molecule has 0 saturated heterocycles. The smallest absolute Gasteiger partial charge is 0.306 e. The summed E-state index contributed by atoms with van der Waals surface area (Å²) < 4.78 is 4.61. The minimum Gasteiger partial charge on any atom is -0.481 e. The maximum absolute atomic E-state index is 11.0. The second-order valence-corrected chi connectivity index (χ2v) is 7.82. The first-order valence-electron chi connectivity index (χ1n) is 10.6. The van der Waals surface area contributed by atoms with Crippen LogP contribution in [0.25, 0.3) is 0 Å². The SMILES string of the molecule is CC(=O)OC(C)C.CCCCCCCCCCCCC(C(=O)O)C(C)C. The monoisotopic (exact) mass is 372 g/mol. The number of carboxylic acid groups (broad SMARTS) is 1. The molecule has 0 bridgehead atoms. The van der Waals surface area contributed by atoms with E-state index in [9.17, 15) is 9.59 Å². The van der Waals surface area contributed by atoms with E-state index in [0.29, 0.717) is 0 Å². The minimum atomic E-state index is -0.620. The summed E-state index contributed by atoms with van der Waals surface area (Å²) in [5.74, 6) is -0.717. The summed E-state index contributed by atoms with van der Waals surface area (Å²) in [4.78, 5) is 21.1. The van der Waals surface area contributed by atoms with E-state index in [1.165, 1.54) is 64.7 Å². The lowest BCUT2D eigenvalue weighted by Crippen LogP contribution is -2.19. The molecule has 4 heteroatoms. The number of ether oxygens (including phenoxy) is 1. The molecule has 0 rings (SSSR count). The van der Waals surface area contributed by atoms with E-state index in [-0.39, 0.29) is 23.9 Å². The van der Waals surface area contributed by atoms with Crippen LogP contribution in [0.3, 0.4) is 0 Å². The van der Waals surface area contributed by atoms with E-state index < -0.39 is 5.97 Å². The van der Waals surface area contributed by atoms with Gasteiger partial charge in [0.15, 0.2) is 0 Å². The van der Waals surface area contributed by atoms with Crippen LogP contribution in [0, 0.1) is 11.8 Å². The molecule has 4 nitrogen and oxygen atoms in total. The molecule has 0 fully saturated rings. The Bertz CT molecular complexity index is 337. The molecule has 0 radical (unpaired) electrons. The van der Waals surface area contributed by atoms with Gasteiger partial charge in [-0.1, -0.05) is 85.0 Å². The van der Waals surface area contributed by atoms with Crippen molar-refractivity contribution in [1.82, 2.24) is 0 Å². The molecule has 0 aromatic carbocycles. The zero-order valence-electron chi connectivity index (χ0n) is 18.2. The lowest BCUT2D eigenvalue weighted by atomic mass is 9.90. The van der Waals surface area contributed by atoms with Crippen molar-refractivity contribution in [1.29, 1.82) is 0 Å². The van der Waals surface area contributed by atoms with Gasteiger partial charge in [0.2, 0.25) is 0 Å². The Morgan fingerprint density at radius 1 is 0.808 bits per heavy atom. The topological polar surface area (TPSA) is 63.6 Å². The number of carboxylic acids is 1. The van der Waals surface area contributed by atoms with Crippen LogP contribution < -0.4 is 0 Å². The minimum absolute atomic E-state index is 0.0255. The third kappa shape index (κ3) is 21.0. The van der Waals surface area contributed by atoms with E-state index in [1.807, 2.05) is 27.7 Å². The first-order chi connectivity index (χ1) is 12.2. The average Bonchev–Trinajstić information content (AvgIpc) is 2.51. The number of aliphatic carboxylic acids is 1. The predicted molar refractivity (Wildman–Crippen MR) is 109 cm³/mol. The Labute approximate surface area is 162 Å². The molecule has 0 aromatic heterocycles. The second-order valence-electron chi connectivity index (χ2n) is 7.82. The van der Waals surface area contributed by atoms with Gasteiger partial charge in [-0.3, -0.25) is 9.59 Å². The number of esters is 1. The van der Waals surface area contributed by atoms with Crippen molar-refractivity contribution in [2.75, 3.05) is 0 Å². The number of unbranched alkanes of at least 4 members (excludes halogenated alkanes) is 9. The van der Waals surface area contributed by atoms with Crippen LogP contribution >= 0.6 is 0 Å². The summed E-state index contributed by atoms with van der Waals surface area (Å²) in [6.07, 6.45) is 14.0. The summed E-state index contributed by atoms with van der Waals surface area (Å²) in [5, 5.41) is 9.09. The van der Waals surface area contributed by atoms with Crippen molar-refractivity contribution in [3.8, 4) is 0 Å². The molecule has 0 spiro atoms. The highest BCUT2D eigenvalue weighted by Crippen LogP contribution is 2.20. The molecule has 26 heavy (non-hydrogen) atoms. The third-order valence-corrected chi connectivity index (χ3v) is 4.39. The lowest BCUT2D eigenvalue weighted by molar-refractivity contribution is -0.145. The van der Waals surface area contributed by atoms with Crippen molar-refractivity contribution in [3.05, 3.63) is 0 Å². The molecule has 0 aliphatic carbocycles. The van der Waals surface area contributed by atoms with Gasteiger partial charge >= 0.3 is 11.9 Å². The van der Waals surface area contributed by atoms with Crippen LogP contribution in [-0.2, 0) is 14.3 Å². The van der Waals surface area contributed by atoms with Crippen LogP contribution in [0.4, 0.5) is 0 Å². The summed E-state index contributed by atoms with van der Waals surface area (Å²) in [6.45, 7) is 11.3. The van der Waals surface area contributed by atoms with E-state index in [0.717, 1.165) is 12.8 Å². The van der Waals surface area contributed by atoms with Crippen molar-refractivity contribution in [2.45, 2.75) is 118 Å². The molecular weight excluding hydrogens is 328 g/mol. The van der Waals surface area contributed by atoms with E-state index >= 15 is 0 Å². The van der Waals surface area contributed by atoms with E-state index in [4.69, 9.17) is 5.11 Å². The van der Waals surface area contributed by atoms with Gasteiger partial charge in [-0.25, -0.2) is 0 Å². The standard InChI is InChI=1S/C17H34O2.C5H10O2/c1-4-5-6-7-8-9-10-11-12-13-14-16(15(2)3)17(18)19;1-4(2)7-5(3)6/h15-16H,4-14H2,1-3H3,(H,18,19);4H,1-3H3. The Kier molecular flexibility index (Phi) is 19.6. The molecule has 1 N–H and O–H groups in total. The molecule has 1 atom stereocenters. The molecule has 0 aromatic rings. The highest BCUT2D eigenvalue weighted by Gasteiger charge is 2.20. The highest BCUT2D eigenvalue weighted by atomic mass is 16.5. The van der Waals surface area contributed by atoms with Crippen molar-refractivity contribution in [3.63, 3.8) is 0 Å². The van der Waals surface area contributed by atoms with Gasteiger partial charge in [0.25, 0.3) is 0 Å². The molecule has 1 unspecified atom stereocenters. The van der Waals surface area contributed by atoms with Gasteiger partial charge in [0, 0.05) is 6.92 Å². The van der Waals surface area contributed by atoms with Crippen molar-refractivity contribution < 1.29 is 19.4 Å². The molecule has 0 heterocycles. The van der Waals surface area contributed by atoms with Crippen molar-refractivity contribution in [2.24, 2.45) is 11.8 Å². The maximum atomic E-state index is 11.0. The Morgan fingerprint density at radius 3 is 1.50 bits per heavy atom. The fourth-order valence-corrected chi connectivity index (χ4v) is 2.93. The van der Waals surface area contributed by atoms with Gasteiger partial charge in [-0.15, -0.1) is 0 Å². The maximum Gasteiger partial charge on any atom is 0.306 e. The zero-order chi connectivity index (χ0) is 20.4. The normalized spacial score (nSPS) is 11.8. The van der Waals surface area contributed by atoms with Gasteiger partial charge in [-0.2, -0.15) is 0 Å². The lowest BCUT2D eigenvalue weighted by Gasteiger charge is -2.15. The fourth-order valence-electron chi connectivity index (χ4n) is 2.93. The second kappa shape index (κ2) is 18.7. The largest absolute Gasteiger partial charge is 0.481 e. The first kappa shape index (κ1) is 27.2. The number of carbonyl (C=O) groups excluding carboxylic acids is 1. The van der Waals surface area contributed by atoms with Crippen LogP contribution in [0.1, 0.15) is 112 Å². The van der Waals surface area contributed by atoms with Crippen LogP contribution in [0.15, 0.2) is 0 Å². The summed E-state index contributed by atoms with van der Waals surface area (Å²) in [6, 6.07) is 0. The average molecular weight is 373 g/mol. The first-order valence-corrected chi connectivity index (χ1v) is 10.6. The highest BCUT2D eigenvalue weighted by molar-refractivity contribution is 5.70. The number of rotatable bonds is 14. The van der Waals surface area contributed by atoms with Gasteiger partial charge < -0.3 is 9.84 Å². The predicted octanol–water partition coefficient (Wildman–Crippen LogP) is 6.61. The Hall–Kier alpha value is -1.06. The summed E-state index contributed by atoms with van der Waals surface area (Å²) >= 11 is 0. The van der Waals surface area contributed by atoms with Gasteiger partial charge in [-0.05, 0) is 26.2 Å². The van der Waals surface area contributed by atoms with Crippen LogP contribution in [0.5, 0.6) is 0 Å². The van der Waals surface area contributed by atoms with Crippen LogP contribution in [0.2, 0.25) is 0 Å². The van der Waals surface area contributed by atoms with Gasteiger partial charge in [0.1, 0.15) is 0 Å². The fraction of sp³-hybridized carbons (Fsp3) is 0.909. The van der Waals surface area contributed by atoms with E-state index in [1.54, 1.807) is 0 Å². The number of hydrogen-bond donors (Lipinski definition) is 1. The third-order valence-electron chi connectivity index (χ3n) is 4.39. The molecule has 0 saturated carbocycles. The van der Waals surface area contributed by atoms with Gasteiger partial charge in [0.05, 0.1) is 12.0 Å². The molecule has 0 amide bonds. The molecule has 0 aliphatic rings. The number of carbonyl (C=O) groups is 2. The van der Waals surface area contributed by atoms with Crippen molar-refractivity contribution >= 4 is 11.9 Å². The zero-order valence-corrected chi connectivity index (χ0v) is 18.2. The summed E-state index contributed by atoms with van der Waals surface area (Å²) in [5.41, 5.74) is 0. The molecular formula is C22H44O4. The van der Waals surface area contributed by atoms with Crippen LogP contribution in [-0.4, -0.2) is 23.1 Å². The Morgan fingerprint density at radius 2 is 1.23 bits per heavy atom. The summed E-state index contributed by atoms with van der Waals surface area (Å²) in [7, 11) is 0. The quantitative estimate of drug-likeness (QED) is 0.275. The molecule has 156 valence electrons. The molecule has 0 aliphatic heterocycles. The Balaban J connectivity index is 0. The number of hydrogen-bond acceptors (Lipinski definition) is 3. The van der Waals surface area contributed by atoms with E-state index in [2.05, 4.69) is 11.7 Å².